The third kappa shape index (κ3) is 5.31. The van der Waals surface area contributed by atoms with Gasteiger partial charge in [-0.1, -0.05) is 24.0 Å². The normalized spacial score (nSPS) is 34.0. The van der Waals surface area contributed by atoms with Crippen LogP contribution in [-0.4, -0.2) is 84.6 Å². The van der Waals surface area contributed by atoms with Gasteiger partial charge in [0, 0.05) is 26.0 Å². The second-order valence-corrected chi connectivity index (χ2v) is 9.80. The van der Waals surface area contributed by atoms with Crippen LogP contribution in [0.3, 0.4) is 0 Å². The van der Waals surface area contributed by atoms with Gasteiger partial charge in [-0.25, -0.2) is 4.18 Å². The largest absolute Gasteiger partial charge is 0.397 e. The molecule has 0 saturated carbocycles. The molecule has 0 radical (unpaired) electrons. The lowest BCUT2D eigenvalue weighted by molar-refractivity contribution is -0.224. The molecule has 3 rings (SSSR count). The van der Waals surface area contributed by atoms with Crippen molar-refractivity contribution in [2.75, 3.05) is 26.0 Å². The van der Waals surface area contributed by atoms with Crippen LogP contribution in [0.15, 0.2) is 0 Å². The number of hydrogen-bond acceptors (Lipinski definition) is 9. The van der Waals surface area contributed by atoms with E-state index in [1.165, 1.54) is 18.9 Å². The third-order valence-corrected chi connectivity index (χ3v) is 6.75. The van der Waals surface area contributed by atoms with E-state index in [-0.39, 0.29) is 5.75 Å². The second-order valence-electron chi connectivity index (χ2n) is 7.10. The fourth-order valence-electron chi connectivity index (χ4n) is 3.55. The standard InChI is InChI=1S/C15H25NO8S3/c1-15(2)22-12-11(20-3)10(21-13(12)23-15)9(24-27(17,18)19)8-26-14(25)16-6-4-5-7-16/h9-13H,4-8H2,1-3H3,(H,17,18,19)/t9-,10+,11-,12+,13+/m0/s1. The fraction of sp³-hybridized carbons (Fsp3) is 0.933. The molecule has 0 aromatic heterocycles. The molecule has 0 aliphatic carbocycles. The van der Waals surface area contributed by atoms with E-state index < -0.39 is 46.9 Å². The zero-order valence-electron chi connectivity index (χ0n) is 15.4. The van der Waals surface area contributed by atoms with Crippen molar-refractivity contribution >= 4 is 38.7 Å². The third-order valence-electron chi connectivity index (χ3n) is 4.65. The maximum absolute atomic E-state index is 11.4. The van der Waals surface area contributed by atoms with Crippen LogP contribution in [0.4, 0.5) is 0 Å². The first-order valence-electron chi connectivity index (χ1n) is 8.71. The van der Waals surface area contributed by atoms with Crippen molar-refractivity contribution in [3.05, 3.63) is 0 Å². The molecule has 1 N–H and O–H groups in total. The summed E-state index contributed by atoms with van der Waals surface area (Å²) >= 11 is 6.71. The molecule has 0 aromatic carbocycles. The number of thioether (sulfide) groups is 1. The highest BCUT2D eigenvalue weighted by Crippen LogP contribution is 2.40. The van der Waals surface area contributed by atoms with E-state index >= 15 is 0 Å². The SMILES string of the molecule is CO[C@@H]1[C@H]2OC(C)(C)O[C@H]2O[C@@H]1[C@H](CSC(=S)N1CCCC1)OS(=O)(=O)O. The molecule has 3 heterocycles. The Morgan fingerprint density at radius 3 is 2.63 bits per heavy atom. The van der Waals surface area contributed by atoms with Gasteiger partial charge in [0.1, 0.15) is 28.7 Å². The quantitative estimate of drug-likeness (QED) is 0.473. The summed E-state index contributed by atoms with van der Waals surface area (Å²) in [6.07, 6.45) is -1.53. The Balaban J connectivity index is 1.70. The van der Waals surface area contributed by atoms with Crippen LogP contribution in [0.2, 0.25) is 0 Å². The van der Waals surface area contributed by atoms with Crippen LogP contribution in [0.25, 0.3) is 0 Å². The average Bonchev–Trinajstić information content (AvgIpc) is 3.23. The Kier molecular flexibility index (Phi) is 6.71. The molecular formula is C15H25NO8S3. The number of thiocarbonyl (C=S) groups is 1. The number of nitrogens with zero attached hydrogens (tertiary/aromatic N) is 1. The minimum atomic E-state index is -4.69. The highest BCUT2D eigenvalue weighted by atomic mass is 32.3. The van der Waals surface area contributed by atoms with Gasteiger partial charge in [-0.05, 0) is 26.7 Å². The van der Waals surface area contributed by atoms with Crippen molar-refractivity contribution in [1.82, 2.24) is 4.90 Å². The van der Waals surface area contributed by atoms with E-state index in [2.05, 4.69) is 4.90 Å². The molecule has 0 bridgehead atoms. The lowest BCUT2D eigenvalue weighted by atomic mass is 10.1. The molecular weight excluding hydrogens is 418 g/mol. The van der Waals surface area contributed by atoms with Crippen molar-refractivity contribution in [1.29, 1.82) is 0 Å². The first-order chi connectivity index (χ1) is 12.6. The predicted octanol–water partition coefficient (Wildman–Crippen LogP) is 1.18. The second kappa shape index (κ2) is 8.36. The van der Waals surface area contributed by atoms with Gasteiger partial charge in [-0.2, -0.15) is 8.42 Å². The number of ether oxygens (including phenoxy) is 4. The van der Waals surface area contributed by atoms with Gasteiger partial charge in [-0.3, -0.25) is 4.55 Å². The van der Waals surface area contributed by atoms with Gasteiger partial charge in [-0.15, -0.1) is 0 Å². The zero-order chi connectivity index (χ0) is 19.8. The number of likely N-dealkylation sites (tertiary alicyclic amines) is 1. The molecule has 0 unspecified atom stereocenters. The molecule has 27 heavy (non-hydrogen) atoms. The summed E-state index contributed by atoms with van der Waals surface area (Å²) in [5.41, 5.74) is 0. The summed E-state index contributed by atoms with van der Waals surface area (Å²) in [5.74, 6) is -0.662. The molecule has 156 valence electrons. The van der Waals surface area contributed by atoms with Crippen LogP contribution in [0.5, 0.6) is 0 Å². The van der Waals surface area contributed by atoms with E-state index in [4.69, 9.17) is 35.3 Å². The van der Waals surface area contributed by atoms with Crippen molar-refractivity contribution in [3.63, 3.8) is 0 Å². The summed E-state index contributed by atoms with van der Waals surface area (Å²) in [5, 5.41) is 0. The monoisotopic (exact) mass is 443 g/mol. The van der Waals surface area contributed by atoms with Gasteiger partial charge < -0.3 is 23.8 Å². The summed E-state index contributed by atoms with van der Waals surface area (Å²) in [4.78, 5) is 2.07. The maximum atomic E-state index is 11.4. The van der Waals surface area contributed by atoms with Crippen molar-refractivity contribution < 1.29 is 36.1 Å². The molecule has 0 amide bonds. The molecule has 3 aliphatic rings. The van der Waals surface area contributed by atoms with E-state index in [1.807, 2.05) is 0 Å². The number of fused-ring (bicyclic) bond motifs is 1. The summed E-state index contributed by atoms with van der Waals surface area (Å²) in [6, 6.07) is 0. The maximum Gasteiger partial charge on any atom is 0.397 e. The van der Waals surface area contributed by atoms with Gasteiger partial charge in [0.25, 0.3) is 0 Å². The van der Waals surface area contributed by atoms with Gasteiger partial charge in [0.2, 0.25) is 0 Å². The van der Waals surface area contributed by atoms with Crippen molar-refractivity contribution in [2.24, 2.45) is 0 Å². The number of rotatable bonds is 6. The number of hydrogen-bond donors (Lipinski definition) is 1. The predicted molar refractivity (Wildman–Crippen MR) is 102 cm³/mol. The Morgan fingerprint density at radius 1 is 1.37 bits per heavy atom. The Hall–Kier alpha value is -0.0500. The molecule has 3 saturated heterocycles. The van der Waals surface area contributed by atoms with Crippen LogP contribution in [-0.2, 0) is 33.5 Å². The first-order valence-corrected chi connectivity index (χ1v) is 11.5. The van der Waals surface area contributed by atoms with Crippen molar-refractivity contribution in [3.8, 4) is 0 Å². The van der Waals surface area contributed by atoms with E-state index in [1.54, 1.807) is 13.8 Å². The van der Waals surface area contributed by atoms with Crippen LogP contribution in [0, 0.1) is 0 Å². The van der Waals surface area contributed by atoms with E-state index in [9.17, 15) is 13.0 Å². The Bertz CT molecular complexity index is 651. The number of methoxy groups -OCH3 is 1. The molecule has 12 heteroatoms. The topological polar surface area (TPSA) is 104 Å². The Morgan fingerprint density at radius 2 is 2.04 bits per heavy atom. The first kappa shape index (κ1) is 21.7. The molecule has 5 atom stereocenters. The van der Waals surface area contributed by atoms with Gasteiger partial charge in [0.05, 0.1) is 0 Å². The summed E-state index contributed by atoms with van der Waals surface area (Å²) < 4.78 is 60.3. The molecule has 0 spiro atoms. The lowest BCUT2D eigenvalue weighted by Crippen LogP contribution is -2.45. The zero-order valence-corrected chi connectivity index (χ0v) is 17.8. The van der Waals surface area contributed by atoms with E-state index in [0.717, 1.165) is 25.9 Å². The molecule has 3 fully saturated rings. The average molecular weight is 444 g/mol. The van der Waals surface area contributed by atoms with Crippen LogP contribution >= 0.6 is 24.0 Å². The summed E-state index contributed by atoms with van der Waals surface area (Å²) in [6.45, 7) is 5.29. The molecule has 9 nitrogen and oxygen atoms in total. The van der Waals surface area contributed by atoms with Crippen molar-refractivity contribution in [2.45, 2.75) is 63.2 Å². The smallest absolute Gasteiger partial charge is 0.376 e. The minimum absolute atomic E-state index is 0.169. The van der Waals surface area contributed by atoms with E-state index in [0.29, 0.717) is 4.32 Å². The van der Waals surface area contributed by atoms with Crippen LogP contribution in [0.1, 0.15) is 26.7 Å². The Labute approximate surface area is 168 Å². The minimum Gasteiger partial charge on any atom is -0.376 e. The van der Waals surface area contributed by atoms with Crippen LogP contribution < -0.4 is 0 Å². The fourth-order valence-corrected chi connectivity index (χ4v) is 5.44. The lowest BCUT2D eigenvalue weighted by Gasteiger charge is -2.29. The van der Waals surface area contributed by atoms with Gasteiger partial charge in [0.15, 0.2) is 12.1 Å². The molecule has 3 aliphatic heterocycles. The highest BCUT2D eigenvalue weighted by Gasteiger charge is 2.57. The highest BCUT2D eigenvalue weighted by molar-refractivity contribution is 8.22. The van der Waals surface area contributed by atoms with Gasteiger partial charge >= 0.3 is 10.4 Å². The summed E-state index contributed by atoms with van der Waals surface area (Å²) in [7, 11) is -3.22. The molecule has 0 aromatic rings.